The Kier molecular flexibility index (Phi) is 4.21. The summed E-state index contributed by atoms with van der Waals surface area (Å²) in [5, 5.41) is 1.00. The fourth-order valence-electron chi connectivity index (χ4n) is 3.29. The summed E-state index contributed by atoms with van der Waals surface area (Å²) >= 11 is 0. The molecule has 0 bridgehead atoms. The zero-order valence-corrected chi connectivity index (χ0v) is 13.6. The molecule has 1 fully saturated rings. The number of fused-ring (bicyclic) bond motifs is 1. The van der Waals surface area contributed by atoms with Gasteiger partial charge in [0, 0.05) is 30.1 Å². The van der Waals surface area contributed by atoms with Crippen molar-refractivity contribution in [2.45, 2.75) is 32.2 Å². The first kappa shape index (κ1) is 15.1. The highest BCUT2D eigenvalue weighted by atomic mass is 16.3. The van der Waals surface area contributed by atoms with E-state index in [0.717, 1.165) is 54.6 Å². The summed E-state index contributed by atoms with van der Waals surface area (Å²) in [4.78, 5) is 17.0. The molecule has 0 aliphatic carbocycles. The Morgan fingerprint density at radius 2 is 2.05 bits per heavy atom. The molecule has 2 heterocycles. The summed E-state index contributed by atoms with van der Waals surface area (Å²) < 4.78 is 5.58. The lowest BCUT2D eigenvalue weighted by Crippen LogP contribution is -2.33. The van der Waals surface area contributed by atoms with Crippen molar-refractivity contribution in [2.75, 3.05) is 27.2 Å². The molecule has 0 saturated carbocycles. The highest BCUT2D eigenvalue weighted by Gasteiger charge is 2.22. The number of benzene rings is 1. The monoisotopic (exact) mass is 300 g/mol. The number of carbonyl (C=O) groups is 1. The summed E-state index contributed by atoms with van der Waals surface area (Å²) in [6.45, 7) is 3.62. The Morgan fingerprint density at radius 3 is 2.82 bits per heavy atom. The normalized spacial score (nSPS) is 19.6. The summed E-state index contributed by atoms with van der Waals surface area (Å²) in [5.74, 6) is 1.02. The molecular formula is C18H24N2O2. The van der Waals surface area contributed by atoms with Crippen molar-refractivity contribution in [3.63, 3.8) is 0 Å². The number of hydrogen-bond donors (Lipinski definition) is 0. The van der Waals surface area contributed by atoms with Crippen LogP contribution in [0.15, 0.2) is 28.7 Å². The molecule has 1 aromatic heterocycles. The predicted molar refractivity (Wildman–Crippen MR) is 88.2 cm³/mol. The first-order valence-corrected chi connectivity index (χ1v) is 8.00. The van der Waals surface area contributed by atoms with Crippen molar-refractivity contribution in [3.05, 3.63) is 35.6 Å². The molecule has 1 atom stereocenters. The largest absolute Gasteiger partial charge is 0.461 e. The topological polar surface area (TPSA) is 36.7 Å². The lowest BCUT2D eigenvalue weighted by atomic mass is 10.1. The molecule has 1 aromatic carbocycles. The number of likely N-dealkylation sites (tertiary alicyclic amines) is 1. The fourth-order valence-corrected chi connectivity index (χ4v) is 3.29. The van der Waals surface area contributed by atoms with Gasteiger partial charge in [0.15, 0.2) is 0 Å². The number of nitrogens with zero attached hydrogens (tertiary/aromatic N) is 2. The first-order valence-electron chi connectivity index (χ1n) is 8.00. The standard InChI is InChI=1S/C18H24N2O2/c1-13-11-15-12-14(6-7-17(15)22-13)18(21)20-9-4-5-16(8-10-20)19(2)3/h6-7,11-12,16H,4-5,8-10H2,1-3H3/t16-/m1/s1. The van der Waals surface area contributed by atoms with E-state index >= 15 is 0 Å². The van der Waals surface area contributed by atoms with Crippen molar-refractivity contribution < 1.29 is 9.21 Å². The summed E-state index contributed by atoms with van der Waals surface area (Å²) in [5.41, 5.74) is 1.61. The van der Waals surface area contributed by atoms with Crippen molar-refractivity contribution in [2.24, 2.45) is 0 Å². The van der Waals surface area contributed by atoms with Gasteiger partial charge in [-0.1, -0.05) is 0 Å². The lowest BCUT2D eigenvalue weighted by molar-refractivity contribution is 0.0759. The molecule has 4 heteroatoms. The van der Waals surface area contributed by atoms with Gasteiger partial charge in [0.25, 0.3) is 5.91 Å². The van der Waals surface area contributed by atoms with E-state index in [9.17, 15) is 4.79 Å². The average Bonchev–Trinajstić information content (AvgIpc) is 2.70. The quantitative estimate of drug-likeness (QED) is 0.854. The second kappa shape index (κ2) is 6.13. The van der Waals surface area contributed by atoms with Crippen molar-refractivity contribution in [1.29, 1.82) is 0 Å². The van der Waals surface area contributed by atoms with Crippen LogP contribution in [0.25, 0.3) is 11.0 Å². The molecule has 2 aromatic rings. The molecule has 0 N–H and O–H groups in total. The van der Waals surface area contributed by atoms with Crippen LogP contribution in [0.3, 0.4) is 0 Å². The molecule has 118 valence electrons. The molecule has 1 aliphatic rings. The summed E-state index contributed by atoms with van der Waals surface area (Å²) in [7, 11) is 4.24. The molecule has 1 amide bonds. The molecular weight excluding hydrogens is 276 g/mol. The first-order chi connectivity index (χ1) is 10.5. The van der Waals surface area contributed by atoms with E-state index in [0.29, 0.717) is 6.04 Å². The average molecular weight is 300 g/mol. The molecule has 22 heavy (non-hydrogen) atoms. The number of aryl methyl sites for hydroxylation is 1. The Hall–Kier alpha value is -1.81. The van der Waals surface area contributed by atoms with E-state index in [-0.39, 0.29) is 5.91 Å². The van der Waals surface area contributed by atoms with Crippen LogP contribution in [0.4, 0.5) is 0 Å². The SMILES string of the molecule is Cc1cc2cc(C(=O)N3CCC[C@@H](N(C)C)CC3)ccc2o1. The minimum atomic E-state index is 0.139. The highest BCUT2D eigenvalue weighted by molar-refractivity contribution is 5.97. The number of carbonyl (C=O) groups excluding carboxylic acids is 1. The van der Waals surface area contributed by atoms with E-state index in [1.54, 1.807) is 0 Å². The number of rotatable bonds is 2. The zero-order valence-electron chi connectivity index (χ0n) is 13.6. The summed E-state index contributed by atoms with van der Waals surface area (Å²) in [6, 6.07) is 8.29. The van der Waals surface area contributed by atoms with E-state index < -0.39 is 0 Å². The Balaban J connectivity index is 1.77. The predicted octanol–water partition coefficient (Wildman–Crippen LogP) is 3.30. The van der Waals surface area contributed by atoms with Gasteiger partial charge in [0.2, 0.25) is 0 Å². The van der Waals surface area contributed by atoms with E-state index in [1.807, 2.05) is 36.1 Å². The van der Waals surface area contributed by atoms with Gasteiger partial charge in [-0.25, -0.2) is 0 Å². The van der Waals surface area contributed by atoms with Crippen LogP contribution in [0, 0.1) is 6.92 Å². The van der Waals surface area contributed by atoms with Gasteiger partial charge in [0.05, 0.1) is 0 Å². The fraction of sp³-hybridized carbons (Fsp3) is 0.500. The Bertz CT molecular complexity index is 675. The maximum Gasteiger partial charge on any atom is 0.253 e. The number of amides is 1. The molecule has 1 aliphatic heterocycles. The molecule has 0 spiro atoms. The van der Waals surface area contributed by atoms with Gasteiger partial charge in [-0.05, 0) is 64.5 Å². The minimum absolute atomic E-state index is 0.139. The molecule has 4 nitrogen and oxygen atoms in total. The zero-order chi connectivity index (χ0) is 15.7. The van der Waals surface area contributed by atoms with E-state index in [2.05, 4.69) is 19.0 Å². The van der Waals surface area contributed by atoms with Crippen LogP contribution < -0.4 is 0 Å². The third-order valence-corrected chi connectivity index (χ3v) is 4.60. The minimum Gasteiger partial charge on any atom is -0.461 e. The lowest BCUT2D eigenvalue weighted by Gasteiger charge is -2.23. The van der Waals surface area contributed by atoms with Crippen LogP contribution in [0.5, 0.6) is 0 Å². The Morgan fingerprint density at radius 1 is 1.23 bits per heavy atom. The number of hydrogen-bond acceptors (Lipinski definition) is 3. The molecule has 0 radical (unpaired) electrons. The maximum atomic E-state index is 12.8. The van der Waals surface area contributed by atoms with Crippen LogP contribution in [0.1, 0.15) is 35.4 Å². The molecule has 1 saturated heterocycles. The van der Waals surface area contributed by atoms with Crippen LogP contribution in [0.2, 0.25) is 0 Å². The van der Waals surface area contributed by atoms with Gasteiger partial charge >= 0.3 is 0 Å². The van der Waals surface area contributed by atoms with Crippen LogP contribution in [-0.2, 0) is 0 Å². The maximum absolute atomic E-state index is 12.8. The van der Waals surface area contributed by atoms with E-state index in [1.165, 1.54) is 0 Å². The number of furan rings is 1. The summed E-state index contributed by atoms with van der Waals surface area (Å²) in [6.07, 6.45) is 3.28. The van der Waals surface area contributed by atoms with Crippen LogP contribution in [-0.4, -0.2) is 48.9 Å². The van der Waals surface area contributed by atoms with Crippen molar-refractivity contribution in [3.8, 4) is 0 Å². The molecule has 0 unspecified atom stereocenters. The second-order valence-electron chi connectivity index (χ2n) is 6.45. The van der Waals surface area contributed by atoms with Gasteiger partial charge in [-0.3, -0.25) is 4.79 Å². The molecule has 3 rings (SSSR count). The van der Waals surface area contributed by atoms with E-state index in [4.69, 9.17) is 4.42 Å². The third kappa shape index (κ3) is 3.02. The second-order valence-corrected chi connectivity index (χ2v) is 6.45. The smallest absolute Gasteiger partial charge is 0.253 e. The van der Waals surface area contributed by atoms with Gasteiger partial charge in [-0.2, -0.15) is 0 Å². The van der Waals surface area contributed by atoms with Gasteiger partial charge in [-0.15, -0.1) is 0 Å². The van der Waals surface area contributed by atoms with Crippen molar-refractivity contribution in [1.82, 2.24) is 9.80 Å². The van der Waals surface area contributed by atoms with Crippen LogP contribution >= 0.6 is 0 Å². The van der Waals surface area contributed by atoms with Gasteiger partial charge < -0.3 is 14.2 Å². The Labute approximate surface area is 131 Å². The van der Waals surface area contributed by atoms with Crippen molar-refractivity contribution >= 4 is 16.9 Å². The van der Waals surface area contributed by atoms with Gasteiger partial charge in [0.1, 0.15) is 11.3 Å². The highest BCUT2D eigenvalue weighted by Crippen LogP contribution is 2.22. The third-order valence-electron chi connectivity index (χ3n) is 4.60.